The minimum absolute atomic E-state index is 0.116. The van der Waals surface area contributed by atoms with E-state index in [-0.39, 0.29) is 28.4 Å². The van der Waals surface area contributed by atoms with Crippen molar-refractivity contribution in [1.29, 1.82) is 0 Å². The van der Waals surface area contributed by atoms with Gasteiger partial charge in [-0.1, -0.05) is 184 Å². The first-order chi connectivity index (χ1) is 31.5. The highest BCUT2D eigenvalue weighted by Gasteiger charge is 2.28. The SMILES string of the molecule is CC(C)c1cc(-c2nc3c(-c4cc(-c5cc(-c6ccc(-c7ccccc7)cc6)ccn5)cc(C(C)(C)C)c4)cccc3n2-c2ccc(-c3ccccc3)cc2C(C)(C)C)c(O)c(C(C)C)c1. The fourth-order valence-corrected chi connectivity index (χ4v) is 9.14. The lowest BCUT2D eigenvalue weighted by molar-refractivity contribution is 0.466. The fourth-order valence-electron chi connectivity index (χ4n) is 9.14. The molecule has 9 aromatic rings. The number of benzene rings is 7. The molecule has 0 amide bonds. The molecule has 330 valence electrons. The third-order valence-electron chi connectivity index (χ3n) is 13.0. The topological polar surface area (TPSA) is 50.9 Å². The van der Waals surface area contributed by atoms with Gasteiger partial charge >= 0.3 is 0 Å². The quantitative estimate of drug-likeness (QED) is 0.157. The van der Waals surface area contributed by atoms with Crippen molar-refractivity contribution in [1.82, 2.24) is 14.5 Å². The predicted molar refractivity (Wildman–Crippen MR) is 279 cm³/mol. The van der Waals surface area contributed by atoms with Crippen LogP contribution in [-0.4, -0.2) is 19.6 Å². The lowest BCUT2D eigenvalue weighted by atomic mass is 9.83. The second-order valence-corrected chi connectivity index (χ2v) is 20.5. The molecular weight excluding hydrogens is 803 g/mol. The average molecular weight is 864 g/mol. The second-order valence-electron chi connectivity index (χ2n) is 20.5. The molecule has 7 aromatic carbocycles. The highest BCUT2D eigenvalue weighted by atomic mass is 16.3. The Morgan fingerprint density at radius 1 is 0.485 bits per heavy atom. The van der Waals surface area contributed by atoms with E-state index in [0.717, 1.165) is 72.7 Å². The zero-order valence-electron chi connectivity index (χ0n) is 40.1. The third kappa shape index (κ3) is 8.61. The van der Waals surface area contributed by atoms with Crippen molar-refractivity contribution in [3.05, 3.63) is 192 Å². The standard InChI is InChI=1S/C62H61N3O/c1-39(2)47-35-52(40(3)4)59(66)53(36-47)60-64-58-51(22-17-23-57(58)65(60)56-29-28-45(37-54(56)62(8,9)10)42-20-15-12-16-21-42)48-32-49(34-50(33-48)61(5,6)7)55-38-46(30-31-63-55)44-26-24-43(25-27-44)41-18-13-11-14-19-41/h11-40,66H,1-10H3. The Morgan fingerprint density at radius 3 is 1.70 bits per heavy atom. The van der Waals surface area contributed by atoms with Crippen LogP contribution in [0.4, 0.5) is 0 Å². The van der Waals surface area contributed by atoms with Gasteiger partial charge in [-0.15, -0.1) is 0 Å². The molecule has 0 saturated carbocycles. The monoisotopic (exact) mass is 863 g/mol. The van der Waals surface area contributed by atoms with Gasteiger partial charge in [0, 0.05) is 17.3 Å². The summed E-state index contributed by atoms with van der Waals surface area (Å²) in [6.45, 7) is 22.4. The minimum Gasteiger partial charge on any atom is -0.507 e. The predicted octanol–water partition coefficient (Wildman–Crippen LogP) is 17.0. The first-order valence-corrected chi connectivity index (χ1v) is 23.4. The third-order valence-corrected chi connectivity index (χ3v) is 13.0. The molecule has 1 N–H and O–H groups in total. The van der Waals surface area contributed by atoms with Gasteiger partial charge in [-0.25, -0.2) is 4.98 Å². The summed E-state index contributed by atoms with van der Waals surface area (Å²) >= 11 is 0. The van der Waals surface area contributed by atoms with Gasteiger partial charge in [-0.05, 0) is 132 Å². The van der Waals surface area contributed by atoms with E-state index in [9.17, 15) is 5.11 Å². The summed E-state index contributed by atoms with van der Waals surface area (Å²) in [5.41, 5.74) is 18.8. The van der Waals surface area contributed by atoms with Crippen molar-refractivity contribution in [2.45, 2.75) is 91.9 Å². The molecule has 0 aliphatic heterocycles. The molecule has 9 rings (SSSR count). The van der Waals surface area contributed by atoms with Crippen LogP contribution in [0.5, 0.6) is 5.75 Å². The minimum atomic E-state index is -0.224. The van der Waals surface area contributed by atoms with Crippen molar-refractivity contribution in [2.75, 3.05) is 0 Å². The zero-order chi connectivity index (χ0) is 46.5. The number of rotatable bonds is 9. The van der Waals surface area contributed by atoms with E-state index in [0.29, 0.717) is 0 Å². The first kappa shape index (κ1) is 44.2. The van der Waals surface area contributed by atoms with Crippen LogP contribution in [0.1, 0.15) is 103 Å². The maximum absolute atomic E-state index is 12.3. The molecule has 0 fully saturated rings. The normalized spacial score (nSPS) is 12.1. The first-order valence-electron chi connectivity index (χ1n) is 23.4. The van der Waals surface area contributed by atoms with Crippen LogP contribution in [0.15, 0.2) is 170 Å². The Morgan fingerprint density at radius 2 is 1.08 bits per heavy atom. The summed E-state index contributed by atoms with van der Waals surface area (Å²) in [6.07, 6.45) is 1.92. The number of fused-ring (bicyclic) bond motifs is 1. The number of pyridine rings is 1. The average Bonchev–Trinajstić information content (AvgIpc) is 3.71. The van der Waals surface area contributed by atoms with Crippen LogP contribution in [-0.2, 0) is 10.8 Å². The molecule has 0 radical (unpaired) electrons. The van der Waals surface area contributed by atoms with Gasteiger partial charge in [0.05, 0.1) is 28.0 Å². The summed E-state index contributed by atoms with van der Waals surface area (Å²) in [5.74, 6) is 1.37. The zero-order valence-corrected chi connectivity index (χ0v) is 40.1. The van der Waals surface area contributed by atoms with E-state index in [1.165, 1.54) is 33.4 Å². The fraction of sp³-hybridized carbons (Fsp3) is 0.226. The van der Waals surface area contributed by atoms with Gasteiger partial charge in [0.15, 0.2) is 0 Å². The Kier molecular flexibility index (Phi) is 11.6. The lowest BCUT2D eigenvalue weighted by Gasteiger charge is -2.26. The van der Waals surface area contributed by atoms with E-state index < -0.39 is 0 Å². The lowest BCUT2D eigenvalue weighted by Crippen LogP contribution is -2.16. The number of para-hydroxylation sites is 1. The van der Waals surface area contributed by atoms with Crippen molar-refractivity contribution in [3.63, 3.8) is 0 Å². The number of hydrogen-bond acceptors (Lipinski definition) is 3. The smallest absolute Gasteiger partial charge is 0.149 e. The van der Waals surface area contributed by atoms with E-state index in [1.807, 2.05) is 6.20 Å². The number of phenolic OH excluding ortho intramolecular Hbond substituents is 1. The maximum Gasteiger partial charge on any atom is 0.149 e. The second kappa shape index (κ2) is 17.4. The van der Waals surface area contributed by atoms with Crippen LogP contribution in [0.3, 0.4) is 0 Å². The summed E-state index contributed by atoms with van der Waals surface area (Å²) < 4.78 is 2.31. The summed E-state index contributed by atoms with van der Waals surface area (Å²) in [7, 11) is 0. The van der Waals surface area contributed by atoms with Gasteiger partial charge in [-0.2, -0.15) is 0 Å². The molecule has 0 unspecified atom stereocenters. The summed E-state index contributed by atoms with van der Waals surface area (Å²) in [4.78, 5) is 10.7. The van der Waals surface area contributed by atoms with E-state index >= 15 is 0 Å². The van der Waals surface area contributed by atoms with Crippen LogP contribution < -0.4 is 0 Å². The molecule has 0 saturated heterocycles. The maximum atomic E-state index is 12.3. The molecular formula is C62H61N3O. The Balaban J connectivity index is 1.27. The number of imidazole rings is 1. The van der Waals surface area contributed by atoms with Gasteiger partial charge in [-0.3, -0.25) is 9.55 Å². The number of hydrogen-bond donors (Lipinski definition) is 1. The van der Waals surface area contributed by atoms with Gasteiger partial charge < -0.3 is 5.11 Å². The number of aromatic hydroxyl groups is 1. The van der Waals surface area contributed by atoms with Gasteiger partial charge in [0.25, 0.3) is 0 Å². The molecule has 2 heterocycles. The van der Waals surface area contributed by atoms with Crippen molar-refractivity contribution >= 4 is 11.0 Å². The van der Waals surface area contributed by atoms with Crippen LogP contribution in [0.2, 0.25) is 0 Å². The van der Waals surface area contributed by atoms with Gasteiger partial charge in [0.1, 0.15) is 11.6 Å². The van der Waals surface area contributed by atoms with E-state index in [1.54, 1.807) is 0 Å². The molecule has 66 heavy (non-hydrogen) atoms. The molecule has 0 bridgehead atoms. The van der Waals surface area contributed by atoms with Gasteiger partial charge in [0.2, 0.25) is 0 Å². The number of nitrogens with zero attached hydrogens (tertiary/aromatic N) is 3. The largest absolute Gasteiger partial charge is 0.507 e. The Bertz CT molecular complexity index is 3200. The van der Waals surface area contributed by atoms with Crippen LogP contribution >= 0.6 is 0 Å². The van der Waals surface area contributed by atoms with E-state index in [2.05, 4.69) is 238 Å². The van der Waals surface area contributed by atoms with Crippen LogP contribution in [0.25, 0.3) is 83.9 Å². The van der Waals surface area contributed by atoms with E-state index in [4.69, 9.17) is 9.97 Å². The molecule has 4 nitrogen and oxygen atoms in total. The number of aromatic nitrogens is 3. The highest BCUT2D eigenvalue weighted by Crippen LogP contribution is 2.45. The molecule has 0 aliphatic carbocycles. The van der Waals surface area contributed by atoms with Crippen LogP contribution in [0, 0.1) is 0 Å². The Labute approximate surface area is 391 Å². The van der Waals surface area contributed by atoms with Crippen molar-refractivity contribution < 1.29 is 5.11 Å². The van der Waals surface area contributed by atoms with Crippen molar-refractivity contribution in [3.8, 4) is 78.6 Å². The molecule has 2 aromatic heterocycles. The summed E-state index contributed by atoms with van der Waals surface area (Å²) in [6, 6.07) is 58.8. The Hall–Kier alpha value is -7.04. The summed E-state index contributed by atoms with van der Waals surface area (Å²) in [5, 5.41) is 12.3. The highest BCUT2D eigenvalue weighted by molar-refractivity contribution is 5.97. The molecule has 0 atom stereocenters. The molecule has 0 aliphatic rings. The molecule has 4 heteroatoms. The number of phenols is 1. The molecule has 0 spiro atoms. The van der Waals surface area contributed by atoms with Crippen molar-refractivity contribution in [2.24, 2.45) is 0 Å².